The van der Waals surface area contributed by atoms with Gasteiger partial charge in [0, 0.05) is 31.9 Å². The lowest BCUT2D eigenvalue weighted by atomic mass is 9.86. The van der Waals surface area contributed by atoms with Gasteiger partial charge in [0.25, 0.3) is 0 Å². The molecule has 2 heteroatoms. The lowest BCUT2D eigenvalue weighted by Gasteiger charge is -2.30. The van der Waals surface area contributed by atoms with Gasteiger partial charge in [0.05, 0.1) is 0 Å². The van der Waals surface area contributed by atoms with Gasteiger partial charge < -0.3 is 10.2 Å². The third kappa shape index (κ3) is 4.24. The largest absolute Gasteiger partial charge is 0.373 e. The van der Waals surface area contributed by atoms with Crippen molar-refractivity contribution in [1.82, 2.24) is 5.32 Å². The SMILES string of the molecule is Cc1cccc(N(C)CCNC2CCCCC2C)c1. The van der Waals surface area contributed by atoms with Crippen LogP contribution >= 0.6 is 0 Å². The topological polar surface area (TPSA) is 15.3 Å². The number of hydrogen-bond donors (Lipinski definition) is 1. The van der Waals surface area contributed by atoms with Crippen LogP contribution in [0.3, 0.4) is 0 Å². The zero-order valence-corrected chi connectivity index (χ0v) is 12.7. The van der Waals surface area contributed by atoms with E-state index >= 15 is 0 Å². The minimum atomic E-state index is 0.736. The lowest BCUT2D eigenvalue weighted by Crippen LogP contribution is -2.41. The van der Waals surface area contributed by atoms with E-state index in [1.54, 1.807) is 0 Å². The van der Waals surface area contributed by atoms with E-state index in [-0.39, 0.29) is 0 Å². The Balaban J connectivity index is 1.76. The predicted molar refractivity (Wildman–Crippen MR) is 83.9 cm³/mol. The number of nitrogens with one attached hydrogen (secondary N) is 1. The molecule has 0 aliphatic heterocycles. The van der Waals surface area contributed by atoms with Crippen LogP contribution in [-0.4, -0.2) is 26.2 Å². The Bertz CT molecular complexity index is 389. The molecule has 0 spiro atoms. The van der Waals surface area contributed by atoms with Crippen LogP contribution in [-0.2, 0) is 0 Å². The van der Waals surface area contributed by atoms with Gasteiger partial charge in [0.15, 0.2) is 0 Å². The molecule has 1 N–H and O–H groups in total. The monoisotopic (exact) mass is 260 g/mol. The highest BCUT2D eigenvalue weighted by Crippen LogP contribution is 2.23. The Labute approximate surface area is 118 Å². The predicted octanol–water partition coefficient (Wildman–Crippen LogP) is 3.60. The summed E-state index contributed by atoms with van der Waals surface area (Å²) in [6, 6.07) is 9.47. The second-order valence-corrected chi connectivity index (χ2v) is 6.08. The minimum Gasteiger partial charge on any atom is -0.373 e. The molecule has 0 amide bonds. The number of rotatable bonds is 5. The first kappa shape index (κ1) is 14.4. The third-order valence-electron chi connectivity index (χ3n) is 4.41. The van der Waals surface area contributed by atoms with Crippen LogP contribution < -0.4 is 10.2 Å². The Morgan fingerprint density at radius 3 is 2.79 bits per heavy atom. The van der Waals surface area contributed by atoms with Crippen molar-refractivity contribution < 1.29 is 0 Å². The fourth-order valence-electron chi connectivity index (χ4n) is 3.03. The van der Waals surface area contributed by atoms with Crippen molar-refractivity contribution in [1.29, 1.82) is 0 Å². The second kappa shape index (κ2) is 6.95. The quantitative estimate of drug-likeness (QED) is 0.870. The van der Waals surface area contributed by atoms with Gasteiger partial charge in [-0.15, -0.1) is 0 Å². The molecular formula is C17H28N2. The number of nitrogens with zero attached hydrogens (tertiary/aromatic N) is 1. The summed E-state index contributed by atoms with van der Waals surface area (Å²) in [5.41, 5.74) is 2.65. The first-order chi connectivity index (χ1) is 9.16. The zero-order chi connectivity index (χ0) is 13.7. The van der Waals surface area contributed by atoms with E-state index in [0.717, 1.165) is 25.0 Å². The van der Waals surface area contributed by atoms with Gasteiger partial charge in [-0.25, -0.2) is 0 Å². The molecule has 0 radical (unpaired) electrons. The fraction of sp³-hybridized carbons (Fsp3) is 0.647. The lowest BCUT2D eigenvalue weighted by molar-refractivity contribution is 0.283. The molecule has 1 saturated carbocycles. The summed E-state index contributed by atoms with van der Waals surface area (Å²) in [4.78, 5) is 2.34. The van der Waals surface area contributed by atoms with Gasteiger partial charge in [-0.2, -0.15) is 0 Å². The molecule has 1 aromatic carbocycles. The molecule has 0 aromatic heterocycles. The van der Waals surface area contributed by atoms with E-state index in [1.807, 2.05) is 0 Å². The molecule has 2 nitrogen and oxygen atoms in total. The van der Waals surface area contributed by atoms with Crippen molar-refractivity contribution in [3.63, 3.8) is 0 Å². The van der Waals surface area contributed by atoms with Gasteiger partial charge >= 0.3 is 0 Å². The maximum absolute atomic E-state index is 3.74. The van der Waals surface area contributed by atoms with Crippen molar-refractivity contribution in [3.05, 3.63) is 29.8 Å². The van der Waals surface area contributed by atoms with Gasteiger partial charge in [-0.05, 0) is 43.4 Å². The first-order valence-electron chi connectivity index (χ1n) is 7.68. The summed E-state index contributed by atoms with van der Waals surface area (Å²) in [5, 5.41) is 3.74. The van der Waals surface area contributed by atoms with Crippen LogP contribution in [0.15, 0.2) is 24.3 Å². The smallest absolute Gasteiger partial charge is 0.0366 e. The summed E-state index contributed by atoms with van der Waals surface area (Å²) >= 11 is 0. The molecule has 106 valence electrons. The average Bonchev–Trinajstić information content (AvgIpc) is 2.41. The summed E-state index contributed by atoms with van der Waals surface area (Å²) in [6.45, 7) is 6.70. The van der Waals surface area contributed by atoms with Crippen molar-refractivity contribution in [2.45, 2.75) is 45.6 Å². The van der Waals surface area contributed by atoms with Gasteiger partial charge in [-0.3, -0.25) is 0 Å². The fourth-order valence-corrected chi connectivity index (χ4v) is 3.03. The van der Waals surface area contributed by atoms with E-state index in [1.165, 1.54) is 36.9 Å². The van der Waals surface area contributed by atoms with Crippen LogP contribution in [0.2, 0.25) is 0 Å². The summed E-state index contributed by atoms with van der Waals surface area (Å²) in [7, 11) is 2.18. The highest BCUT2D eigenvalue weighted by Gasteiger charge is 2.20. The van der Waals surface area contributed by atoms with E-state index in [9.17, 15) is 0 Å². The molecule has 1 fully saturated rings. The normalized spacial score (nSPS) is 23.3. The molecule has 1 aromatic rings. The van der Waals surface area contributed by atoms with E-state index in [2.05, 4.69) is 55.4 Å². The maximum atomic E-state index is 3.74. The standard InChI is InChI=1S/C17H28N2/c1-14-7-6-9-16(13-14)19(3)12-11-18-17-10-5-4-8-15(17)2/h6-7,9,13,15,17-18H,4-5,8,10-12H2,1-3H3. The Kier molecular flexibility index (Phi) is 5.26. The van der Waals surface area contributed by atoms with E-state index in [0.29, 0.717) is 0 Å². The van der Waals surface area contributed by atoms with Crippen LogP contribution in [0.25, 0.3) is 0 Å². The molecule has 0 heterocycles. The van der Waals surface area contributed by atoms with E-state index in [4.69, 9.17) is 0 Å². The highest BCUT2D eigenvalue weighted by atomic mass is 15.1. The summed E-state index contributed by atoms with van der Waals surface area (Å²) in [6.07, 6.45) is 5.57. The minimum absolute atomic E-state index is 0.736. The number of hydrogen-bond acceptors (Lipinski definition) is 2. The van der Waals surface area contributed by atoms with Crippen molar-refractivity contribution in [2.24, 2.45) is 5.92 Å². The molecule has 2 rings (SSSR count). The number of likely N-dealkylation sites (N-methyl/N-ethyl adjacent to an activating group) is 1. The molecular weight excluding hydrogens is 232 g/mol. The van der Waals surface area contributed by atoms with Gasteiger partial charge in [0.2, 0.25) is 0 Å². The molecule has 2 unspecified atom stereocenters. The van der Waals surface area contributed by atoms with Crippen molar-refractivity contribution >= 4 is 5.69 Å². The second-order valence-electron chi connectivity index (χ2n) is 6.08. The van der Waals surface area contributed by atoms with Crippen molar-refractivity contribution in [2.75, 3.05) is 25.0 Å². The summed E-state index contributed by atoms with van der Waals surface area (Å²) < 4.78 is 0. The molecule has 1 aliphatic rings. The zero-order valence-electron chi connectivity index (χ0n) is 12.7. The Hall–Kier alpha value is -1.02. The summed E-state index contributed by atoms with van der Waals surface area (Å²) in [5.74, 6) is 0.845. The maximum Gasteiger partial charge on any atom is 0.0366 e. The molecule has 0 saturated heterocycles. The Morgan fingerprint density at radius 2 is 2.05 bits per heavy atom. The molecule has 1 aliphatic carbocycles. The van der Waals surface area contributed by atoms with E-state index < -0.39 is 0 Å². The van der Waals surface area contributed by atoms with Crippen molar-refractivity contribution in [3.8, 4) is 0 Å². The van der Waals surface area contributed by atoms with Gasteiger partial charge in [0.1, 0.15) is 0 Å². The number of aryl methyl sites for hydroxylation is 1. The highest BCUT2D eigenvalue weighted by molar-refractivity contribution is 5.47. The van der Waals surface area contributed by atoms with Crippen LogP contribution in [0, 0.1) is 12.8 Å². The molecule has 2 atom stereocenters. The van der Waals surface area contributed by atoms with Crippen LogP contribution in [0.4, 0.5) is 5.69 Å². The number of benzene rings is 1. The Morgan fingerprint density at radius 1 is 1.26 bits per heavy atom. The average molecular weight is 260 g/mol. The first-order valence-corrected chi connectivity index (χ1v) is 7.68. The van der Waals surface area contributed by atoms with Crippen LogP contribution in [0.1, 0.15) is 38.2 Å². The van der Waals surface area contributed by atoms with Gasteiger partial charge in [-0.1, -0.05) is 31.9 Å². The molecule has 0 bridgehead atoms. The third-order valence-corrected chi connectivity index (χ3v) is 4.41. The van der Waals surface area contributed by atoms with Crippen LogP contribution in [0.5, 0.6) is 0 Å². The molecule has 19 heavy (non-hydrogen) atoms. The number of anilines is 1.